The van der Waals surface area contributed by atoms with Gasteiger partial charge in [-0.3, -0.25) is 10.1 Å². The van der Waals surface area contributed by atoms with E-state index in [-0.39, 0.29) is 5.69 Å². The molecule has 2 aromatic rings. The Morgan fingerprint density at radius 1 is 1.17 bits per heavy atom. The number of nitrogens with zero attached hydrogens (tertiary/aromatic N) is 1. The van der Waals surface area contributed by atoms with Crippen LogP contribution in [0.15, 0.2) is 42.5 Å². The van der Waals surface area contributed by atoms with E-state index in [1.165, 1.54) is 6.07 Å². The minimum absolute atomic E-state index is 0.0444. The average molecular weight is 244 g/mol. The van der Waals surface area contributed by atoms with Crippen LogP contribution in [0.2, 0.25) is 0 Å². The van der Waals surface area contributed by atoms with Crippen LogP contribution < -0.4 is 10.5 Å². The van der Waals surface area contributed by atoms with E-state index in [9.17, 15) is 10.1 Å². The Kier molecular flexibility index (Phi) is 3.14. The van der Waals surface area contributed by atoms with Crippen molar-refractivity contribution in [2.45, 2.75) is 6.92 Å². The summed E-state index contributed by atoms with van der Waals surface area (Å²) < 4.78 is 5.59. The number of anilines is 1. The quantitative estimate of drug-likeness (QED) is 0.510. The molecule has 18 heavy (non-hydrogen) atoms. The third-order valence-corrected chi connectivity index (χ3v) is 2.56. The highest BCUT2D eigenvalue weighted by Gasteiger charge is 2.14. The Balaban J connectivity index is 2.32. The molecule has 0 aliphatic rings. The number of hydrogen-bond acceptors (Lipinski definition) is 4. The zero-order chi connectivity index (χ0) is 13.1. The molecule has 2 N–H and O–H groups in total. The Hall–Kier alpha value is -2.56. The smallest absolute Gasteiger partial charge is 0.276 e. The van der Waals surface area contributed by atoms with E-state index in [4.69, 9.17) is 10.5 Å². The first-order valence-electron chi connectivity index (χ1n) is 5.35. The van der Waals surface area contributed by atoms with Gasteiger partial charge in [-0.1, -0.05) is 6.07 Å². The monoisotopic (exact) mass is 244 g/mol. The maximum Gasteiger partial charge on any atom is 0.276 e. The van der Waals surface area contributed by atoms with Crippen LogP contribution in [0.1, 0.15) is 5.56 Å². The van der Waals surface area contributed by atoms with Gasteiger partial charge in [0.2, 0.25) is 0 Å². The van der Waals surface area contributed by atoms with Crippen molar-refractivity contribution in [1.29, 1.82) is 0 Å². The molecular formula is C13H12N2O3. The number of ether oxygens (including phenoxy) is 1. The summed E-state index contributed by atoms with van der Waals surface area (Å²) in [4.78, 5) is 10.4. The van der Waals surface area contributed by atoms with Crippen LogP contribution in [0.5, 0.6) is 11.5 Å². The number of hydrogen-bond donors (Lipinski definition) is 1. The molecule has 0 saturated carbocycles. The molecule has 0 aliphatic carbocycles. The molecular weight excluding hydrogens is 232 g/mol. The van der Waals surface area contributed by atoms with Gasteiger partial charge in [0, 0.05) is 11.8 Å². The lowest BCUT2D eigenvalue weighted by molar-refractivity contribution is -0.385. The molecule has 0 aromatic heterocycles. The van der Waals surface area contributed by atoms with Crippen molar-refractivity contribution in [3.63, 3.8) is 0 Å². The zero-order valence-corrected chi connectivity index (χ0v) is 9.79. The van der Waals surface area contributed by atoms with Gasteiger partial charge in [0.1, 0.15) is 11.5 Å². The van der Waals surface area contributed by atoms with Crippen molar-refractivity contribution in [3.05, 3.63) is 58.1 Å². The molecule has 0 amide bonds. The standard InChI is InChI=1S/C13H12N2O3/c1-9-12(15(16)17)3-2-4-13(9)18-11-7-5-10(14)6-8-11/h2-8H,14H2,1H3. The maximum atomic E-state index is 10.8. The fourth-order valence-corrected chi connectivity index (χ4v) is 1.57. The molecule has 0 heterocycles. The molecule has 0 atom stereocenters. The molecule has 0 spiro atoms. The summed E-state index contributed by atoms with van der Waals surface area (Å²) in [6.07, 6.45) is 0. The third kappa shape index (κ3) is 2.40. The van der Waals surface area contributed by atoms with E-state index >= 15 is 0 Å². The predicted octanol–water partition coefficient (Wildman–Crippen LogP) is 3.28. The molecule has 0 radical (unpaired) electrons. The predicted molar refractivity (Wildman–Crippen MR) is 68.8 cm³/mol. The third-order valence-electron chi connectivity index (χ3n) is 2.56. The molecule has 0 bridgehead atoms. The van der Waals surface area contributed by atoms with Crippen LogP contribution in [0.3, 0.4) is 0 Å². The van der Waals surface area contributed by atoms with Gasteiger partial charge in [-0.2, -0.15) is 0 Å². The second-order valence-electron chi connectivity index (χ2n) is 3.83. The van der Waals surface area contributed by atoms with Crippen molar-refractivity contribution in [3.8, 4) is 11.5 Å². The lowest BCUT2D eigenvalue weighted by atomic mass is 10.2. The highest BCUT2D eigenvalue weighted by molar-refractivity contribution is 5.50. The maximum absolute atomic E-state index is 10.8. The number of benzene rings is 2. The Morgan fingerprint density at radius 3 is 2.44 bits per heavy atom. The van der Waals surface area contributed by atoms with Crippen LogP contribution in [0.25, 0.3) is 0 Å². The summed E-state index contributed by atoms with van der Waals surface area (Å²) in [6, 6.07) is 11.6. The highest BCUT2D eigenvalue weighted by Crippen LogP contribution is 2.30. The molecule has 5 nitrogen and oxygen atoms in total. The number of nitrogen functional groups attached to an aromatic ring is 1. The molecule has 2 aromatic carbocycles. The van der Waals surface area contributed by atoms with E-state index < -0.39 is 4.92 Å². The number of nitro groups is 1. The van der Waals surface area contributed by atoms with Gasteiger partial charge in [-0.15, -0.1) is 0 Å². The first-order chi connectivity index (χ1) is 8.58. The average Bonchev–Trinajstić information content (AvgIpc) is 2.34. The molecule has 0 saturated heterocycles. The lowest BCUT2D eigenvalue weighted by Crippen LogP contribution is -1.94. The lowest BCUT2D eigenvalue weighted by Gasteiger charge is -2.08. The van der Waals surface area contributed by atoms with Crippen molar-refractivity contribution >= 4 is 11.4 Å². The van der Waals surface area contributed by atoms with E-state index in [0.29, 0.717) is 22.7 Å². The van der Waals surface area contributed by atoms with Gasteiger partial charge < -0.3 is 10.5 Å². The Morgan fingerprint density at radius 2 is 1.83 bits per heavy atom. The van der Waals surface area contributed by atoms with Crippen LogP contribution in [-0.2, 0) is 0 Å². The largest absolute Gasteiger partial charge is 0.457 e. The summed E-state index contributed by atoms with van der Waals surface area (Å²) in [5, 5.41) is 10.8. The summed E-state index contributed by atoms with van der Waals surface area (Å²) >= 11 is 0. The normalized spacial score (nSPS) is 10.1. The molecule has 2 rings (SSSR count). The SMILES string of the molecule is Cc1c(Oc2ccc(N)cc2)cccc1[N+](=O)[O-]. The first kappa shape index (κ1) is 11.9. The highest BCUT2D eigenvalue weighted by atomic mass is 16.6. The minimum Gasteiger partial charge on any atom is -0.457 e. The van der Waals surface area contributed by atoms with E-state index in [1.54, 1.807) is 43.3 Å². The van der Waals surface area contributed by atoms with Gasteiger partial charge >= 0.3 is 0 Å². The fraction of sp³-hybridized carbons (Fsp3) is 0.0769. The van der Waals surface area contributed by atoms with Gasteiger partial charge in [0.25, 0.3) is 5.69 Å². The molecule has 0 fully saturated rings. The van der Waals surface area contributed by atoms with Gasteiger partial charge in [-0.25, -0.2) is 0 Å². The Bertz CT molecular complexity index is 579. The number of rotatable bonds is 3. The number of nitrogens with two attached hydrogens (primary N) is 1. The second kappa shape index (κ2) is 4.75. The van der Waals surface area contributed by atoms with Gasteiger partial charge in [0.05, 0.1) is 10.5 Å². The Labute approximate surface area is 104 Å². The van der Waals surface area contributed by atoms with Crippen molar-refractivity contribution < 1.29 is 9.66 Å². The summed E-state index contributed by atoms with van der Waals surface area (Å²) in [6.45, 7) is 1.66. The topological polar surface area (TPSA) is 78.4 Å². The first-order valence-corrected chi connectivity index (χ1v) is 5.35. The summed E-state index contributed by atoms with van der Waals surface area (Å²) in [5.41, 5.74) is 6.75. The van der Waals surface area contributed by atoms with Crippen molar-refractivity contribution in [1.82, 2.24) is 0 Å². The second-order valence-corrected chi connectivity index (χ2v) is 3.83. The summed E-state index contributed by atoms with van der Waals surface area (Å²) in [7, 11) is 0. The molecule has 0 aliphatic heterocycles. The molecule has 0 unspecified atom stereocenters. The van der Waals surface area contributed by atoms with Crippen LogP contribution in [0.4, 0.5) is 11.4 Å². The van der Waals surface area contributed by atoms with E-state index in [2.05, 4.69) is 0 Å². The summed E-state index contributed by atoms with van der Waals surface area (Å²) in [5.74, 6) is 1.06. The van der Waals surface area contributed by atoms with Gasteiger partial charge in [-0.05, 0) is 37.3 Å². The van der Waals surface area contributed by atoms with Crippen LogP contribution in [-0.4, -0.2) is 4.92 Å². The van der Waals surface area contributed by atoms with E-state index in [1.807, 2.05) is 0 Å². The molecule has 92 valence electrons. The fourth-order valence-electron chi connectivity index (χ4n) is 1.57. The van der Waals surface area contributed by atoms with E-state index in [0.717, 1.165) is 0 Å². The van der Waals surface area contributed by atoms with Crippen LogP contribution >= 0.6 is 0 Å². The number of nitro benzene ring substituents is 1. The zero-order valence-electron chi connectivity index (χ0n) is 9.79. The minimum atomic E-state index is -0.425. The molecule has 5 heteroatoms. The van der Waals surface area contributed by atoms with Crippen molar-refractivity contribution in [2.75, 3.05) is 5.73 Å². The van der Waals surface area contributed by atoms with Crippen molar-refractivity contribution in [2.24, 2.45) is 0 Å². The van der Waals surface area contributed by atoms with Crippen LogP contribution in [0, 0.1) is 17.0 Å². The van der Waals surface area contributed by atoms with Gasteiger partial charge in [0.15, 0.2) is 0 Å².